The van der Waals surface area contributed by atoms with Crippen molar-refractivity contribution >= 4 is 22.1 Å². The van der Waals surface area contributed by atoms with Crippen LogP contribution in [-0.2, 0) is 6.54 Å². The Kier molecular flexibility index (Phi) is 3.76. The Morgan fingerprint density at radius 1 is 1.11 bits per heavy atom. The van der Waals surface area contributed by atoms with E-state index in [0.717, 1.165) is 39.0 Å². The molecule has 0 spiro atoms. The lowest BCUT2D eigenvalue weighted by atomic mass is 10.1. The summed E-state index contributed by atoms with van der Waals surface area (Å²) in [6.45, 7) is 0.416. The second-order valence-electron chi connectivity index (χ2n) is 6.63. The van der Waals surface area contributed by atoms with Gasteiger partial charge in [0.1, 0.15) is 11.4 Å². The highest BCUT2D eigenvalue weighted by molar-refractivity contribution is 5.85. The van der Waals surface area contributed by atoms with E-state index in [-0.39, 0.29) is 5.76 Å². The maximum absolute atomic E-state index is 12.4. The maximum Gasteiger partial charge on any atom is 0.420 e. The van der Waals surface area contributed by atoms with Gasteiger partial charge in [0, 0.05) is 23.3 Å². The van der Waals surface area contributed by atoms with Gasteiger partial charge in [-0.15, -0.1) is 0 Å². The molecule has 3 heterocycles. The van der Waals surface area contributed by atoms with Crippen molar-refractivity contribution in [3.05, 3.63) is 83.1 Å². The van der Waals surface area contributed by atoms with E-state index in [9.17, 15) is 4.79 Å². The lowest BCUT2D eigenvalue weighted by molar-refractivity contribution is 0.414. The molecule has 0 aliphatic rings. The second-order valence-corrected chi connectivity index (χ2v) is 6.63. The molecule has 6 nitrogen and oxygen atoms in total. The molecule has 0 bridgehead atoms. The van der Waals surface area contributed by atoms with Gasteiger partial charge in [0.05, 0.1) is 19.2 Å². The number of H-pyrrole nitrogens is 1. The fourth-order valence-electron chi connectivity index (χ4n) is 3.45. The topological polar surface area (TPSA) is 73.1 Å². The molecule has 0 unspecified atom stereocenters. The Morgan fingerprint density at radius 3 is 2.93 bits per heavy atom. The summed E-state index contributed by atoms with van der Waals surface area (Å²) >= 11 is 0. The number of aromatic amines is 1. The van der Waals surface area contributed by atoms with Crippen LogP contribution >= 0.6 is 0 Å². The third kappa shape index (κ3) is 2.75. The van der Waals surface area contributed by atoms with Gasteiger partial charge in [-0.3, -0.25) is 4.57 Å². The summed E-state index contributed by atoms with van der Waals surface area (Å²) < 4.78 is 12.4. The summed E-state index contributed by atoms with van der Waals surface area (Å²) in [4.78, 5) is 19.9. The van der Waals surface area contributed by atoms with E-state index in [0.29, 0.717) is 12.1 Å². The van der Waals surface area contributed by atoms with Gasteiger partial charge in [0.2, 0.25) is 0 Å². The van der Waals surface area contributed by atoms with Gasteiger partial charge in [-0.05, 0) is 47.5 Å². The van der Waals surface area contributed by atoms with Gasteiger partial charge < -0.3 is 14.1 Å². The molecule has 0 aliphatic carbocycles. The van der Waals surface area contributed by atoms with Crippen LogP contribution in [0.2, 0.25) is 0 Å². The van der Waals surface area contributed by atoms with Gasteiger partial charge in [0.15, 0.2) is 5.58 Å². The smallest absolute Gasteiger partial charge is 0.420 e. The van der Waals surface area contributed by atoms with E-state index in [1.54, 1.807) is 11.7 Å². The largest absolute Gasteiger partial charge is 0.497 e. The first kappa shape index (κ1) is 16.4. The number of oxazole rings is 1. The fraction of sp³-hybridized carbons (Fsp3) is 0.0909. The maximum atomic E-state index is 12.4. The number of nitrogens with zero attached hydrogens (tertiary/aromatic N) is 2. The van der Waals surface area contributed by atoms with E-state index in [2.05, 4.69) is 16.0 Å². The zero-order valence-corrected chi connectivity index (χ0v) is 15.2. The van der Waals surface area contributed by atoms with Gasteiger partial charge in [-0.25, -0.2) is 9.78 Å². The van der Waals surface area contributed by atoms with Gasteiger partial charge in [0.25, 0.3) is 0 Å². The molecule has 28 heavy (non-hydrogen) atoms. The van der Waals surface area contributed by atoms with Crippen LogP contribution in [0.1, 0.15) is 5.56 Å². The molecule has 0 fully saturated rings. The van der Waals surface area contributed by atoms with Gasteiger partial charge in [-0.2, -0.15) is 0 Å². The van der Waals surface area contributed by atoms with E-state index in [1.807, 2.05) is 60.9 Å². The third-order valence-electron chi connectivity index (χ3n) is 4.88. The molecule has 5 rings (SSSR count). The number of hydrogen-bond acceptors (Lipinski definition) is 4. The zero-order valence-electron chi connectivity index (χ0n) is 15.2. The number of ether oxygens (including phenoxy) is 1. The highest BCUT2D eigenvalue weighted by Gasteiger charge is 2.12. The van der Waals surface area contributed by atoms with Crippen LogP contribution < -0.4 is 10.5 Å². The van der Waals surface area contributed by atoms with Crippen molar-refractivity contribution in [1.29, 1.82) is 0 Å². The summed E-state index contributed by atoms with van der Waals surface area (Å²) in [5.41, 5.74) is 5.05. The summed E-state index contributed by atoms with van der Waals surface area (Å²) in [7, 11) is 1.62. The van der Waals surface area contributed by atoms with Crippen molar-refractivity contribution in [2.45, 2.75) is 6.54 Å². The molecular weight excluding hydrogens is 354 g/mol. The first-order chi connectivity index (χ1) is 13.7. The van der Waals surface area contributed by atoms with Crippen molar-refractivity contribution in [2.24, 2.45) is 0 Å². The highest BCUT2D eigenvalue weighted by atomic mass is 16.5. The Balaban J connectivity index is 1.55. The summed E-state index contributed by atoms with van der Waals surface area (Å²) in [6.07, 6.45) is 3.67. The number of nitrogens with one attached hydrogen (secondary N) is 1. The standard InChI is InChI=1S/C22H17N3O3/c1-27-18-4-2-3-14(9-18)13-25-19-6-5-15(11-20(19)28-22(25)26)17-10-16-7-8-23-21(16)24-12-17/h2-12H,13H2,1H3,(H,23,24). The Bertz CT molecular complexity index is 1360. The molecule has 2 aromatic carbocycles. The summed E-state index contributed by atoms with van der Waals surface area (Å²) in [5, 5.41) is 1.04. The average molecular weight is 371 g/mol. The van der Waals surface area contributed by atoms with E-state index in [1.165, 1.54) is 0 Å². The van der Waals surface area contributed by atoms with E-state index in [4.69, 9.17) is 9.15 Å². The molecule has 3 aromatic heterocycles. The zero-order chi connectivity index (χ0) is 19.1. The van der Waals surface area contributed by atoms with Crippen molar-refractivity contribution < 1.29 is 9.15 Å². The van der Waals surface area contributed by atoms with Gasteiger partial charge in [-0.1, -0.05) is 18.2 Å². The Hall–Kier alpha value is -3.80. The SMILES string of the molecule is COc1cccc(Cn2c(=O)oc3cc(-c4cnc5[nH]ccc5c4)ccc32)c1. The molecule has 138 valence electrons. The van der Waals surface area contributed by atoms with Crippen molar-refractivity contribution in [3.8, 4) is 16.9 Å². The molecule has 0 aliphatic heterocycles. The van der Waals surface area contributed by atoms with E-state index < -0.39 is 0 Å². The minimum absolute atomic E-state index is 0.380. The van der Waals surface area contributed by atoms with Crippen LogP contribution in [0.15, 0.2) is 76.2 Å². The molecule has 0 saturated carbocycles. The normalized spacial score (nSPS) is 11.3. The molecular formula is C22H17N3O3. The fourth-order valence-corrected chi connectivity index (χ4v) is 3.45. The van der Waals surface area contributed by atoms with Crippen LogP contribution in [0.3, 0.4) is 0 Å². The minimum Gasteiger partial charge on any atom is -0.497 e. The predicted molar refractivity (Wildman–Crippen MR) is 108 cm³/mol. The quantitative estimate of drug-likeness (QED) is 0.514. The molecule has 1 N–H and O–H groups in total. The predicted octanol–water partition coefficient (Wildman–Crippen LogP) is 4.19. The van der Waals surface area contributed by atoms with Crippen molar-refractivity contribution in [3.63, 3.8) is 0 Å². The van der Waals surface area contributed by atoms with E-state index >= 15 is 0 Å². The number of pyridine rings is 1. The first-order valence-electron chi connectivity index (χ1n) is 8.91. The summed E-state index contributed by atoms with van der Waals surface area (Å²) in [5.74, 6) is 0.377. The number of rotatable bonds is 4. The van der Waals surface area contributed by atoms with Crippen LogP contribution in [0.25, 0.3) is 33.3 Å². The molecule has 0 saturated heterocycles. The van der Waals surface area contributed by atoms with Crippen molar-refractivity contribution in [2.75, 3.05) is 7.11 Å². The lowest BCUT2D eigenvalue weighted by Crippen LogP contribution is -2.14. The Morgan fingerprint density at radius 2 is 2.04 bits per heavy atom. The number of aromatic nitrogens is 3. The van der Waals surface area contributed by atoms with Crippen LogP contribution in [0, 0.1) is 0 Å². The number of benzene rings is 2. The molecule has 0 radical (unpaired) electrons. The van der Waals surface area contributed by atoms with Crippen LogP contribution in [-0.4, -0.2) is 21.6 Å². The first-order valence-corrected chi connectivity index (χ1v) is 8.91. The van der Waals surface area contributed by atoms with Gasteiger partial charge >= 0.3 is 5.76 Å². The Labute approximate surface area is 160 Å². The average Bonchev–Trinajstić information content (AvgIpc) is 3.31. The second kappa shape index (κ2) is 6.42. The summed E-state index contributed by atoms with van der Waals surface area (Å²) in [6, 6.07) is 17.5. The van der Waals surface area contributed by atoms with Crippen molar-refractivity contribution in [1.82, 2.24) is 14.5 Å². The third-order valence-corrected chi connectivity index (χ3v) is 4.88. The monoisotopic (exact) mass is 371 g/mol. The molecule has 5 aromatic rings. The highest BCUT2D eigenvalue weighted by Crippen LogP contribution is 2.26. The molecule has 6 heteroatoms. The number of methoxy groups -OCH3 is 1. The molecule has 0 amide bonds. The number of hydrogen-bond donors (Lipinski definition) is 1. The molecule has 0 atom stereocenters. The minimum atomic E-state index is -0.380. The van der Waals surface area contributed by atoms with Crippen LogP contribution in [0.5, 0.6) is 5.75 Å². The number of fused-ring (bicyclic) bond motifs is 2. The van der Waals surface area contributed by atoms with Crippen LogP contribution in [0.4, 0.5) is 0 Å². The lowest BCUT2D eigenvalue weighted by Gasteiger charge is -2.06.